The Bertz CT molecular complexity index is 574. The number of pyridine rings is 1. The van der Waals surface area contributed by atoms with E-state index in [0.29, 0.717) is 23.8 Å². The summed E-state index contributed by atoms with van der Waals surface area (Å²) < 4.78 is 15.9. The minimum Gasteiger partial charge on any atom is -0.506 e. The lowest BCUT2D eigenvalue weighted by Gasteiger charge is -2.15. The molecule has 0 aliphatic heterocycles. The fourth-order valence-electron chi connectivity index (χ4n) is 1.90. The van der Waals surface area contributed by atoms with Crippen molar-refractivity contribution in [1.29, 1.82) is 0 Å². The van der Waals surface area contributed by atoms with E-state index in [1.54, 1.807) is 33.5 Å². The van der Waals surface area contributed by atoms with Crippen molar-refractivity contribution >= 4 is 5.69 Å². The normalized spacial score (nSPS) is 10.0. The third-order valence-corrected chi connectivity index (χ3v) is 2.95. The Morgan fingerprint density at radius 3 is 2.19 bits per heavy atom. The smallest absolute Gasteiger partial charge is 0.203 e. The molecule has 0 saturated carbocycles. The van der Waals surface area contributed by atoms with Gasteiger partial charge in [0.05, 0.1) is 39.8 Å². The fraction of sp³-hybridized carbons (Fsp3) is 0.267. The zero-order valence-electron chi connectivity index (χ0n) is 12.2. The largest absolute Gasteiger partial charge is 0.506 e. The number of benzene rings is 1. The van der Waals surface area contributed by atoms with Gasteiger partial charge in [-0.25, -0.2) is 0 Å². The van der Waals surface area contributed by atoms with E-state index in [-0.39, 0.29) is 5.75 Å². The van der Waals surface area contributed by atoms with Crippen LogP contribution in [0, 0.1) is 0 Å². The summed E-state index contributed by atoms with van der Waals surface area (Å²) in [5.74, 6) is 1.86. The molecule has 6 nitrogen and oxygen atoms in total. The highest BCUT2D eigenvalue weighted by molar-refractivity contribution is 5.62. The van der Waals surface area contributed by atoms with Crippen LogP contribution in [0.3, 0.4) is 0 Å². The van der Waals surface area contributed by atoms with Crippen LogP contribution in [0.4, 0.5) is 5.69 Å². The Morgan fingerprint density at radius 1 is 1.05 bits per heavy atom. The predicted molar refractivity (Wildman–Crippen MR) is 79.3 cm³/mol. The van der Waals surface area contributed by atoms with Gasteiger partial charge in [-0.15, -0.1) is 0 Å². The molecule has 0 saturated heterocycles. The van der Waals surface area contributed by atoms with Crippen LogP contribution >= 0.6 is 0 Å². The molecule has 0 aliphatic rings. The second-order valence-corrected chi connectivity index (χ2v) is 4.28. The van der Waals surface area contributed by atoms with E-state index in [4.69, 9.17) is 14.2 Å². The number of nitrogens with one attached hydrogen (secondary N) is 1. The van der Waals surface area contributed by atoms with E-state index in [2.05, 4.69) is 10.3 Å². The highest BCUT2D eigenvalue weighted by Gasteiger charge is 2.13. The van der Waals surface area contributed by atoms with Crippen LogP contribution < -0.4 is 19.5 Å². The lowest BCUT2D eigenvalue weighted by molar-refractivity contribution is 0.324. The van der Waals surface area contributed by atoms with Crippen molar-refractivity contribution in [3.05, 3.63) is 36.2 Å². The van der Waals surface area contributed by atoms with Gasteiger partial charge >= 0.3 is 0 Å². The maximum absolute atomic E-state index is 9.21. The average molecular weight is 290 g/mol. The van der Waals surface area contributed by atoms with Crippen LogP contribution in [-0.2, 0) is 6.54 Å². The van der Waals surface area contributed by atoms with E-state index < -0.39 is 0 Å². The topological polar surface area (TPSA) is 72.8 Å². The molecule has 2 aromatic rings. The minimum absolute atomic E-state index is 0.145. The number of hydrogen-bond donors (Lipinski definition) is 2. The molecule has 0 atom stereocenters. The Labute approximate surface area is 123 Å². The lowest BCUT2D eigenvalue weighted by atomic mass is 10.2. The molecule has 2 N–H and O–H groups in total. The molecule has 1 heterocycles. The van der Waals surface area contributed by atoms with Gasteiger partial charge in [0, 0.05) is 17.8 Å². The van der Waals surface area contributed by atoms with Crippen LogP contribution in [0.1, 0.15) is 5.69 Å². The number of nitrogens with zero attached hydrogens (tertiary/aromatic N) is 1. The third kappa shape index (κ3) is 3.47. The van der Waals surface area contributed by atoms with Crippen molar-refractivity contribution in [2.24, 2.45) is 0 Å². The van der Waals surface area contributed by atoms with Crippen molar-refractivity contribution in [3.8, 4) is 23.0 Å². The first-order valence-electron chi connectivity index (χ1n) is 6.35. The summed E-state index contributed by atoms with van der Waals surface area (Å²) >= 11 is 0. The lowest BCUT2D eigenvalue weighted by Crippen LogP contribution is -2.03. The van der Waals surface area contributed by atoms with Gasteiger partial charge in [0.25, 0.3) is 0 Å². The fourth-order valence-corrected chi connectivity index (χ4v) is 1.90. The second kappa shape index (κ2) is 6.69. The van der Waals surface area contributed by atoms with Crippen LogP contribution in [0.2, 0.25) is 0 Å². The van der Waals surface area contributed by atoms with Gasteiger partial charge in [-0.1, -0.05) is 0 Å². The molecule has 1 aromatic heterocycles. The summed E-state index contributed by atoms with van der Waals surface area (Å²) in [6, 6.07) is 6.99. The number of ether oxygens (including phenoxy) is 3. The molecule has 0 radical (unpaired) electrons. The Balaban J connectivity index is 2.18. The maximum atomic E-state index is 9.21. The van der Waals surface area contributed by atoms with E-state index in [9.17, 15) is 5.11 Å². The van der Waals surface area contributed by atoms with Crippen LogP contribution in [-0.4, -0.2) is 31.4 Å². The number of methoxy groups -OCH3 is 3. The first-order chi connectivity index (χ1) is 10.2. The zero-order chi connectivity index (χ0) is 15.2. The standard InChI is InChI=1S/C15H18N2O4/c1-19-13-6-11(7-14(20-2)15(13)21-3)16-8-10-4-5-12(18)9-17-10/h4-7,9,16,18H,8H2,1-3H3. The van der Waals surface area contributed by atoms with Crippen molar-refractivity contribution in [3.63, 3.8) is 0 Å². The molecule has 0 spiro atoms. The first-order valence-corrected chi connectivity index (χ1v) is 6.35. The molecule has 2 rings (SSSR count). The van der Waals surface area contributed by atoms with E-state index in [1.165, 1.54) is 6.20 Å². The molecule has 1 aromatic carbocycles. The number of hydrogen-bond acceptors (Lipinski definition) is 6. The van der Waals surface area contributed by atoms with Gasteiger partial charge in [-0.2, -0.15) is 0 Å². The molecule has 21 heavy (non-hydrogen) atoms. The molecule has 0 unspecified atom stereocenters. The summed E-state index contributed by atoms with van der Waals surface area (Å²) in [5.41, 5.74) is 1.63. The van der Waals surface area contributed by atoms with Gasteiger partial charge in [0.2, 0.25) is 5.75 Å². The third-order valence-electron chi connectivity index (χ3n) is 2.95. The molecular weight excluding hydrogens is 272 g/mol. The molecular formula is C15H18N2O4. The molecule has 0 fully saturated rings. The minimum atomic E-state index is 0.145. The van der Waals surface area contributed by atoms with Crippen LogP contribution in [0.15, 0.2) is 30.5 Å². The summed E-state index contributed by atoms with van der Waals surface area (Å²) in [4.78, 5) is 4.11. The van der Waals surface area contributed by atoms with Crippen molar-refractivity contribution < 1.29 is 19.3 Å². The van der Waals surface area contributed by atoms with Gasteiger partial charge in [-0.3, -0.25) is 4.98 Å². The Morgan fingerprint density at radius 2 is 1.71 bits per heavy atom. The number of rotatable bonds is 6. The average Bonchev–Trinajstić information content (AvgIpc) is 2.53. The number of aromatic hydroxyl groups is 1. The molecule has 0 bridgehead atoms. The first kappa shape index (κ1) is 14.8. The van der Waals surface area contributed by atoms with Gasteiger partial charge in [-0.05, 0) is 12.1 Å². The van der Waals surface area contributed by atoms with Crippen molar-refractivity contribution in [1.82, 2.24) is 4.98 Å². The number of aromatic nitrogens is 1. The van der Waals surface area contributed by atoms with Crippen molar-refractivity contribution in [2.75, 3.05) is 26.6 Å². The maximum Gasteiger partial charge on any atom is 0.203 e. The van der Waals surface area contributed by atoms with Gasteiger partial charge in [0.1, 0.15) is 5.75 Å². The summed E-state index contributed by atoms with van der Waals surface area (Å²) in [5, 5.41) is 12.4. The monoisotopic (exact) mass is 290 g/mol. The second-order valence-electron chi connectivity index (χ2n) is 4.28. The zero-order valence-corrected chi connectivity index (χ0v) is 12.2. The summed E-state index contributed by atoms with van der Waals surface area (Å²) in [6.07, 6.45) is 1.41. The predicted octanol–water partition coefficient (Wildman–Crippen LogP) is 2.43. The summed E-state index contributed by atoms with van der Waals surface area (Å²) in [7, 11) is 4.71. The molecule has 0 amide bonds. The summed E-state index contributed by atoms with van der Waals surface area (Å²) in [6.45, 7) is 0.513. The van der Waals surface area contributed by atoms with Crippen LogP contribution in [0.25, 0.3) is 0 Å². The SMILES string of the molecule is COc1cc(NCc2ccc(O)cn2)cc(OC)c1OC. The molecule has 6 heteroatoms. The van der Waals surface area contributed by atoms with Crippen molar-refractivity contribution in [2.45, 2.75) is 6.54 Å². The van der Waals surface area contributed by atoms with E-state index in [1.807, 2.05) is 12.1 Å². The highest BCUT2D eigenvalue weighted by atomic mass is 16.5. The molecule has 112 valence electrons. The Kier molecular flexibility index (Phi) is 4.71. The van der Waals surface area contributed by atoms with Gasteiger partial charge < -0.3 is 24.6 Å². The quantitative estimate of drug-likeness (QED) is 0.851. The van der Waals surface area contributed by atoms with Crippen LogP contribution in [0.5, 0.6) is 23.0 Å². The highest BCUT2D eigenvalue weighted by Crippen LogP contribution is 2.39. The Hall–Kier alpha value is -2.63. The number of anilines is 1. The van der Waals surface area contributed by atoms with E-state index in [0.717, 1.165) is 11.4 Å². The van der Waals surface area contributed by atoms with Gasteiger partial charge in [0.15, 0.2) is 11.5 Å². The van der Waals surface area contributed by atoms with E-state index >= 15 is 0 Å². The molecule has 0 aliphatic carbocycles.